The summed E-state index contributed by atoms with van der Waals surface area (Å²) >= 11 is 1.88. The van der Waals surface area contributed by atoms with Gasteiger partial charge in [0.05, 0.1) is 16.4 Å². The van der Waals surface area contributed by atoms with Crippen molar-refractivity contribution in [2.24, 2.45) is 9.98 Å². The fourth-order valence-corrected chi connectivity index (χ4v) is 10.4. The van der Waals surface area contributed by atoms with Gasteiger partial charge in [0.2, 0.25) is 0 Å². The van der Waals surface area contributed by atoms with Gasteiger partial charge in [0.15, 0.2) is 6.17 Å². The number of anilines is 2. The summed E-state index contributed by atoms with van der Waals surface area (Å²) < 4.78 is 9.43. The zero-order valence-corrected chi connectivity index (χ0v) is 31.5. The molecule has 57 heavy (non-hydrogen) atoms. The highest BCUT2D eigenvalue weighted by Crippen LogP contribution is 2.52. The second kappa shape index (κ2) is 12.8. The molecule has 5 nitrogen and oxygen atoms in total. The van der Waals surface area contributed by atoms with Crippen LogP contribution >= 0.6 is 11.3 Å². The summed E-state index contributed by atoms with van der Waals surface area (Å²) in [5.74, 6) is 1.89. The van der Waals surface area contributed by atoms with E-state index in [9.17, 15) is 0 Å². The molecular weight excluding hydrogens is 717 g/mol. The molecule has 0 bridgehead atoms. The number of para-hydroxylation sites is 2. The quantitative estimate of drug-likeness (QED) is 0.191. The molecule has 0 saturated carbocycles. The molecule has 0 amide bonds. The zero-order chi connectivity index (χ0) is 37.5. The average Bonchev–Trinajstić information content (AvgIpc) is 3.97. The van der Waals surface area contributed by atoms with Gasteiger partial charge in [-0.3, -0.25) is 0 Å². The summed E-state index contributed by atoms with van der Waals surface area (Å²) in [5.41, 5.74) is 10.9. The van der Waals surface area contributed by atoms with E-state index < -0.39 is 6.17 Å². The van der Waals surface area contributed by atoms with E-state index in [1.807, 2.05) is 47.7 Å². The van der Waals surface area contributed by atoms with Gasteiger partial charge in [0.25, 0.3) is 0 Å². The van der Waals surface area contributed by atoms with Gasteiger partial charge in [0.1, 0.15) is 22.8 Å². The molecule has 7 aromatic carbocycles. The molecule has 1 aliphatic carbocycles. The van der Waals surface area contributed by atoms with Crippen LogP contribution < -0.4 is 10.2 Å². The Hall–Kier alpha value is -7.02. The zero-order valence-electron chi connectivity index (χ0n) is 30.7. The molecule has 9 aromatic rings. The molecule has 0 fully saturated rings. The smallest absolute Gasteiger partial charge is 0.173 e. The van der Waals surface area contributed by atoms with E-state index in [2.05, 4.69) is 156 Å². The molecule has 2 unspecified atom stereocenters. The van der Waals surface area contributed by atoms with Gasteiger partial charge < -0.3 is 14.6 Å². The number of nitrogens with one attached hydrogen (secondary N) is 1. The van der Waals surface area contributed by atoms with E-state index in [-0.39, 0.29) is 6.04 Å². The molecule has 0 radical (unpaired) electrons. The lowest BCUT2D eigenvalue weighted by Gasteiger charge is -2.29. The number of allylic oxidation sites excluding steroid dienone is 2. The third kappa shape index (κ3) is 5.00. The molecule has 1 N–H and O–H groups in total. The van der Waals surface area contributed by atoms with Crippen molar-refractivity contribution < 1.29 is 4.42 Å². The first-order valence-electron chi connectivity index (χ1n) is 19.4. The number of rotatable bonds is 5. The van der Waals surface area contributed by atoms with Gasteiger partial charge in [0, 0.05) is 54.5 Å². The third-order valence-corrected chi connectivity index (χ3v) is 12.9. The van der Waals surface area contributed by atoms with E-state index in [1.54, 1.807) is 0 Å². The summed E-state index contributed by atoms with van der Waals surface area (Å²) in [6, 6.07) is 56.0. The Bertz CT molecular complexity index is 3130. The lowest BCUT2D eigenvalue weighted by atomic mass is 9.91. The SMILES string of the molecule is C1=CC2c3ccccc3N(c3cccc4c3sc3cccc(-c5cccc6oc7c(C8N=C(c9ccccc9)NC(c9ccccc9)=N8)cccc7c56)c34)C2C=C1. The lowest BCUT2D eigenvalue weighted by Crippen LogP contribution is -2.36. The number of furan rings is 1. The maximum Gasteiger partial charge on any atom is 0.173 e. The van der Waals surface area contributed by atoms with Crippen LogP contribution in [0.25, 0.3) is 53.2 Å². The number of benzene rings is 7. The van der Waals surface area contributed by atoms with Crippen LogP contribution in [0.4, 0.5) is 11.4 Å². The normalized spacial score (nSPS) is 17.6. The fraction of sp³-hybridized carbons (Fsp3) is 0.0588. The second-order valence-corrected chi connectivity index (χ2v) is 15.9. The second-order valence-electron chi connectivity index (χ2n) is 14.8. The van der Waals surface area contributed by atoms with Crippen molar-refractivity contribution >= 4 is 76.5 Å². The summed E-state index contributed by atoms with van der Waals surface area (Å²) in [6.07, 6.45) is 8.58. The first kappa shape index (κ1) is 32.2. The van der Waals surface area contributed by atoms with Gasteiger partial charge >= 0.3 is 0 Å². The van der Waals surface area contributed by atoms with Gasteiger partial charge in [-0.05, 0) is 41.0 Å². The number of thiophene rings is 1. The van der Waals surface area contributed by atoms with Crippen LogP contribution in [0.5, 0.6) is 0 Å². The van der Waals surface area contributed by atoms with Crippen molar-refractivity contribution in [1.29, 1.82) is 0 Å². The number of aliphatic imine (C=N–C) groups is 2. The Morgan fingerprint density at radius 1 is 0.544 bits per heavy atom. The molecule has 6 heteroatoms. The molecule has 2 aliphatic heterocycles. The highest BCUT2D eigenvalue weighted by molar-refractivity contribution is 7.26. The Kier molecular flexibility index (Phi) is 7.22. The molecule has 12 rings (SSSR count). The van der Waals surface area contributed by atoms with Gasteiger partial charge in [-0.25, -0.2) is 9.98 Å². The first-order chi connectivity index (χ1) is 28.3. The van der Waals surface area contributed by atoms with Gasteiger partial charge in [-0.2, -0.15) is 0 Å². The summed E-state index contributed by atoms with van der Waals surface area (Å²) in [4.78, 5) is 12.9. The summed E-state index contributed by atoms with van der Waals surface area (Å²) in [5, 5.41) is 8.21. The van der Waals surface area contributed by atoms with Crippen LogP contribution in [-0.4, -0.2) is 17.7 Å². The van der Waals surface area contributed by atoms with E-state index in [4.69, 9.17) is 14.4 Å². The maximum atomic E-state index is 6.86. The van der Waals surface area contributed by atoms with Crippen LogP contribution in [0.2, 0.25) is 0 Å². The van der Waals surface area contributed by atoms with Crippen LogP contribution in [0.15, 0.2) is 196 Å². The molecule has 3 aliphatic rings. The molecule has 0 spiro atoms. The van der Waals surface area contributed by atoms with Crippen molar-refractivity contribution in [1.82, 2.24) is 5.32 Å². The maximum absolute atomic E-state index is 6.86. The van der Waals surface area contributed by atoms with E-state index in [0.29, 0.717) is 5.92 Å². The number of amidine groups is 2. The summed E-state index contributed by atoms with van der Waals surface area (Å²) in [6.45, 7) is 0. The molecule has 4 heterocycles. The first-order valence-corrected chi connectivity index (χ1v) is 20.3. The minimum atomic E-state index is -0.503. The predicted octanol–water partition coefficient (Wildman–Crippen LogP) is 12.8. The minimum absolute atomic E-state index is 0.240. The van der Waals surface area contributed by atoms with Crippen molar-refractivity contribution in [2.75, 3.05) is 4.90 Å². The van der Waals surface area contributed by atoms with Gasteiger partial charge in [-0.15, -0.1) is 11.3 Å². The Morgan fingerprint density at radius 2 is 1.18 bits per heavy atom. The number of nitrogens with zero attached hydrogens (tertiary/aromatic N) is 3. The highest BCUT2D eigenvalue weighted by Gasteiger charge is 2.38. The third-order valence-electron chi connectivity index (χ3n) is 11.7. The minimum Gasteiger partial charge on any atom is -0.456 e. The monoisotopic (exact) mass is 750 g/mol. The van der Waals surface area contributed by atoms with Crippen LogP contribution in [-0.2, 0) is 0 Å². The standard InChI is InChI=1S/C51H34N4OS/c1-3-15-31(16-4-1)49-52-50(32-17-5-2-6-18-32)54-51(53-49)39-25-11-23-37-45-35(21-13-29-43(45)56-47(37)39)36-22-14-30-44-46(36)38-24-12-28-42(48(38)57-44)55-40-26-9-7-19-33(40)34-20-8-10-27-41(34)55/h1-30,33,40,51H,(H,52,53,54). The van der Waals surface area contributed by atoms with E-state index >= 15 is 0 Å². The van der Waals surface area contributed by atoms with Crippen LogP contribution in [0.1, 0.15) is 34.3 Å². The number of hydrogen-bond acceptors (Lipinski definition) is 6. The molecule has 270 valence electrons. The van der Waals surface area contributed by atoms with E-state index in [0.717, 1.165) is 55.9 Å². The number of hydrogen-bond donors (Lipinski definition) is 1. The Labute approximate surface area is 333 Å². The summed E-state index contributed by atoms with van der Waals surface area (Å²) in [7, 11) is 0. The van der Waals surface area contributed by atoms with Crippen LogP contribution in [0, 0.1) is 0 Å². The van der Waals surface area contributed by atoms with Crippen molar-refractivity contribution in [3.63, 3.8) is 0 Å². The predicted molar refractivity (Wildman–Crippen MR) is 237 cm³/mol. The van der Waals surface area contributed by atoms with E-state index in [1.165, 1.54) is 42.7 Å². The molecule has 0 saturated heterocycles. The topological polar surface area (TPSA) is 53.1 Å². The van der Waals surface area contributed by atoms with Crippen molar-refractivity contribution in [3.05, 3.63) is 204 Å². The Morgan fingerprint density at radius 3 is 1.98 bits per heavy atom. The highest BCUT2D eigenvalue weighted by atomic mass is 32.1. The molecule has 2 aromatic heterocycles. The van der Waals surface area contributed by atoms with Gasteiger partial charge in [-0.1, -0.05) is 158 Å². The molecule has 2 atom stereocenters. The average molecular weight is 751 g/mol. The number of fused-ring (bicyclic) bond motifs is 9. The Balaban J connectivity index is 1.03. The molecular formula is C51H34N4OS. The largest absolute Gasteiger partial charge is 0.456 e. The fourth-order valence-electron chi connectivity index (χ4n) is 9.19. The van der Waals surface area contributed by atoms with Crippen molar-refractivity contribution in [3.8, 4) is 11.1 Å². The van der Waals surface area contributed by atoms with Crippen molar-refractivity contribution in [2.45, 2.75) is 18.1 Å². The lowest BCUT2D eigenvalue weighted by molar-refractivity contribution is 0.649. The van der Waals surface area contributed by atoms with Crippen LogP contribution in [0.3, 0.4) is 0 Å².